The van der Waals surface area contributed by atoms with Crippen LogP contribution in [0.1, 0.15) is 41.5 Å². The molecule has 4 aromatic rings. The Morgan fingerprint density at radius 1 is 1.11 bits per heavy atom. The van der Waals surface area contributed by atoms with E-state index in [1.165, 1.54) is 4.52 Å². The van der Waals surface area contributed by atoms with Crippen molar-refractivity contribution in [2.45, 2.75) is 25.3 Å². The molecule has 0 aliphatic carbocycles. The second-order valence-electron chi connectivity index (χ2n) is 8.37. The van der Waals surface area contributed by atoms with Crippen LogP contribution in [0, 0.1) is 0 Å². The van der Waals surface area contributed by atoms with Crippen LogP contribution in [0.3, 0.4) is 0 Å². The van der Waals surface area contributed by atoms with Crippen molar-refractivity contribution in [2.24, 2.45) is 0 Å². The van der Waals surface area contributed by atoms with Crippen LogP contribution in [0.4, 0.5) is 17.6 Å². The van der Waals surface area contributed by atoms with Crippen molar-refractivity contribution in [3.05, 3.63) is 69.4 Å². The topological polar surface area (TPSA) is 123 Å². The number of ketones is 1. The first-order valence-corrected chi connectivity index (χ1v) is 11.5. The van der Waals surface area contributed by atoms with Gasteiger partial charge in [-0.15, -0.1) is 0 Å². The SMILES string of the molecule is Nc1nc2c(c(N3CCC[C@H]3c3nn4ccc(Cl)c4c(=O)n3-c3ccccc3)n1)C(=O)CCN2.S. The van der Waals surface area contributed by atoms with Gasteiger partial charge in [-0.2, -0.15) is 28.6 Å². The number of carbonyl (C=O) groups is 1. The minimum atomic E-state index is -0.313. The van der Waals surface area contributed by atoms with E-state index < -0.39 is 0 Å². The number of aromatic nitrogens is 5. The monoisotopic (exact) mass is 510 g/mol. The number of hydrogen-bond donors (Lipinski definition) is 2. The van der Waals surface area contributed by atoms with E-state index in [1.807, 2.05) is 35.2 Å². The Bertz CT molecular complexity index is 1500. The van der Waals surface area contributed by atoms with Gasteiger partial charge in [0.05, 0.1) is 16.8 Å². The number of nitrogens with zero attached hydrogens (tertiary/aromatic N) is 6. The quantitative estimate of drug-likeness (QED) is 0.431. The lowest BCUT2D eigenvalue weighted by Crippen LogP contribution is -2.35. The van der Waals surface area contributed by atoms with Gasteiger partial charge in [0.15, 0.2) is 11.6 Å². The molecule has 6 rings (SSSR count). The fourth-order valence-corrected chi connectivity index (χ4v) is 5.08. The molecule has 1 aromatic carbocycles. The highest BCUT2D eigenvalue weighted by Gasteiger charge is 2.36. The van der Waals surface area contributed by atoms with Gasteiger partial charge in [-0.05, 0) is 31.0 Å². The van der Waals surface area contributed by atoms with E-state index in [-0.39, 0.29) is 36.8 Å². The molecule has 180 valence electrons. The van der Waals surface area contributed by atoms with Gasteiger partial charge in [0, 0.05) is 25.7 Å². The van der Waals surface area contributed by atoms with Gasteiger partial charge in [-0.3, -0.25) is 14.2 Å². The van der Waals surface area contributed by atoms with Gasteiger partial charge < -0.3 is 16.0 Å². The minimum Gasteiger partial charge on any atom is -0.369 e. The molecule has 3 N–H and O–H groups in total. The van der Waals surface area contributed by atoms with Crippen LogP contribution in [0.5, 0.6) is 0 Å². The van der Waals surface area contributed by atoms with Crippen LogP contribution in [0.25, 0.3) is 11.2 Å². The number of fused-ring (bicyclic) bond motifs is 2. The number of carbonyl (C=O) groups excluding carboxylic acids is 1. The van der Waals surface area contributed by atoms with Crippen molar-refractivity contribution >= 4 is 54.0 Å². The number of halogens is 1. The van der Waals surface area contributed by atoms with E-state index >= 15 is 0 Å². The highest BCUT2D eigenvalue weighted by atomic mass is 35.5. The third-order valence-corrected chi connectivity index (χ3v) is 6.64. The smallest absolute Gasteiger partial charge is 0.284 e. The molecule has 0 bridgehead atoms. The van der Waals surface area contributed by atoms with Crippen LogP contribution in [-0.4, -0.2) is 43.0 Å². The van der Waals surface area contributed by atoms with Gasteiger partial charge in [0.25, 0.3) is 5.56 Å². The van der Waals surface area contributed by atoms with Gasteiger partial charge >= 0.3 is 0 Å². The van der Waals surface area contributed by atoms with Crippen molar-refractivity contribution < 1.29 is 4.79 Å². The van der Waals surface area contributed by atoms with Crippen molar-refractivity contribution in [1.29, 1.82) is 0 Å². The number of nitrogen functional groups attached to an aromatic ring is 1. The van der Waals surface area contributed by atoms with Gasteiger partial charge in [-0.25, -0.2) is 4.52 Å². The van der Waals surface area contributed by atoms with E-state index in [1.54, 1.807) is 16.8 Å². The molecular formula is C23H23ClN8O2S. The van der Waals surface area contributed by atoms with Crippen molar-refractivity contribution in [3.8, 4) is 5.69 Å². The number of Topliss-reactive ketones (excluding diaryl/α,β-unsaturated/α-hetero) is 1. The normalized spacial score (nSPS) is 17.2. The number of anilines is 3. The molecule has 12 heteroatoms. The highest BCUT2D eigenvalue weighted by Crippen LogP contribution is 2.39. The Labute approximate surface area is 212 Å². The zero-order valence-electron chi connectivity index (χ0n) is 18.6. The van der Waals surface area contributed by atoms with E-state index in [0.29, 0.717) is 58.8 Å². The summed E-state index contributed by atoms with van der Waals surface area (Å²) in [5.74, 6) is 1.51. The van der Waals surface area contributed by atoms with Gasteiger partial charge in [0.2, 0.25) is 5.95 Å². The van der Waals surface area contributed by atoms with Crippen molar-refractivity contribution in [1.82, 2.24) is 24.1 Å². The third kappa shape index (κ3) is 3.71. The molecule has 3 aromatic heterocycles. The maximum absolute atomic E-state index is 13.7. The Balaban J connectivity index is 0.00000253. The average molecular weight is 511 g/mol. The fraction of sp³-hybridized carbons (Fsp3) is 0.261. The molecule has 1 atom stereocenters. The molecule has 0 spiro atoms. The first-order chi connectivity index (χ1) is 16.5. The summed E-state index contributed by atoms with van der Waals surface area (Å²) in [5, 5.41) is 8.32. The second-order valence-corrected chi connectivity index (χ2v) is 8.78. The van der Waals surface area contributed by atoms with Crippen LogP contribution in [0.15, 0.2) is 47.4 Å². The van der Waals surface area contributed by atoms with Crippen LogP contribution in [0.2, 0.25) is 5.02 Å². The van der Waals surface area contributed by atoms with Crippen LogP contribution >= 0.6 is 25.1 Å². The lowest BCUT2D eigenvalue weighted by Gasteiger charge is -2.30. The lowest BCUT2D eigenvalue weighted by atomic mass is 10.1. The number of nitrogens with two attached hydrogens (primary N) is 1. The summed E-state index contributed by atoms with van der Waals surface area (Å²) >= 11 is 6.33. The molecular weight excluding hydrogens is 488 g/mol. The number of nitrogens with one attached hydrogen (secondary N) is 1. The van der Waals surface area contributed by atoms with E-state index in [9.17, 15) is 9.59 Å². The van der Waals surface area contributed by atoms with Crippen molar-refractivity contribution in [3.63, 3.8) is 0 Å². The minimum absolute atomic E-state index is 0. The molecule has 35 heavy (non-hydrogen) atoms. The number of hydrogen-bond acceptors (Lipinski definition) is 8. The number of para-hydroxylation sites is 1. The second kappa shape index (κ2) is 8.90. The maximum atomic E-state index is 13.7. The molecule has 0 radical (unpaired) electrons. The van der Waals surface area contributed by atoms with Crippen LogP contribution < -0.4 is 21.5 Å². The molecule has 1 fully saturated rings. The summed E-state index contributed by atoms with van der Waals surface area (Å²) in [4.78, 5) is 37.2. The Morgan fingerprint density at radius 2 is 1.91 bits per heavy atom. The predicted octanol–water partition coefficient (Wildman–Crippen LogP) is 2.96. The van der Waals surface area contributed by atoms with Gasteiger partial charge in [0.1, 0.15) is 22.7 Å². The Kier molecular flexibility index (Phi) is 5.89. The summed E-state index contributed by atoms with van der Waals surface area (Å²) in [6.07, 6.45) is 3.59. The molecule has 2 aliphatic rings. The summed E-state index contributed by atoms with van der Waals surface area (Å²) in [6, 6.07) is 10.7. The fourth-order valence-electron chi connectivity index (χ4n) is 4.86. The van der Waals surface area contributed by atoms with Crippen LogP contribution in [-0.2, 0) is 0 Å². The highest BCUT2D eigenvalue weighted by molar-refractivity contribution is 7.59. The molecule has 1 saturated heterocycles. The lowest BCUT2D eigenvalue weighted by molar-refractivity contribution is 0.0983. The van der Waals surface area contributed by atoms with Gasteiger partial charge in [-0.1, -0.05) is 29.8 Å². The number of rotatable bonds is 3. The molecule has 0 saturated carbocycles. The summed E-state index contributed by atoms with van der Waals surface area (Å²) < 4.78 is 3.12. The average Bonchev–Trinajstić information content (AvgIpc) is 3.46. The summed E-state index contributed by atoms with van der Waals surface area (Å²) in [6.45, 7) is 1.14. The largest absolute Gasteiger partial charge is 0.369 e. The molecule has 5 heterocycles. The Hall–Kier alpha value is -3.57. The predicted molar refractivity (Wildman–Crippen MR) is 139 cm³/mol. The Morgan fingerprint density at radius 3 is 2.71 bits per heavy atom. The first kappa shape index (κ1) is 23.2. The zero-order valence-corrected chi connectivity index (χ0v) is 20.4. The first-order valence-electron chi connectivity index (χ1n) is 11.1. The van der Waals surface area contributed by atoms with Crippen molar-refractivity contribution in [2.75, 3.05) is 29.0 Å². The molecule has 0 amide bonds. The molecule has 0 unspecified atom stereocenters. The molecule has 2 aliphatic heterocycles. The summed E-state index contributed by atoms with van der Waals surface area (Å²) in [5.41, 5.74) is 7.18. The van der Waals surface area contributed by atoms with E-state index in [0.717, 1.165) is 12.8 Å². The molecule has 10 nitrogen and oxygen atoms in total. The summed E-state index contributed by atoms with van der Waals surface area (Å²) in [7, 11) is 0. The third-order valence-electron chi connectivity index (χ3n) is 6.33. The zero-order chi connectivity index (χ0) is 23.4. The standard InChI is InChI=1S/C23H21ClN8O2.H2S/c24-14-9-12-31-18(14)22(34)32(13-5-2-1-3-6-13)20(29-31)15-7-4-11-30(15)21-17-16(33)8-10-26-19(17)27-23(25)28-21;/h1-3,5-6,9,12,15H,4,7-8,10-11H2,(H3,25,26,27,28);1H2/t15-;/m0./s1. The van der Waals surface area contributed by atoms with E-state index in [4.69, 9.17) is 22.4 Å². The maximum Gasteiger partial charge on any atom is 0.284 e. The number of benzene rings is 1. The van der Waals surface area contributed by atoms with E-state index in [2.05, 4.69) is 15.3 Å².